The highest BCUT2D eigenvalue weighted by atomic mass is 32.2. The zero-order valence-corrected chi connectivity index (χ0v) is 17.4. The number of nitrogens with zero attached hydrogens (tertiary/aromatic N) is 1. The first-order chi connectivity index (χ1) is 13.8. The van der Waals surface area contributed by atoms with Crippen molar-refractivity contribution in [3.05, 3.63) is 47.5 Å². The molecule has 2 aromatic carbocycles. The number of carbonyl (C=O) groups excluding carboxylic acids is 1. The largest absolute Gasteiger partial charge is 0.497 e. The van der Waals surface area contributed by atoms with Crippen molar-refractivity contribution in [2.75, 3.05) is 45.8 Å². The molecule has 0 saturated carbocycles. The summed E-state index contributed by atoms with van der Waals surface area (Å²) < 4.78 is 43.0. The van der Waals surface area contributed by atoms with Gasteiger partial charge in [0.15, 0.2) is 0 Å². The number of nitrogens with one attached hydrogen (secondary N) is 1. The van der Waals surface area contributed by atoms with Gasteiger partial charge in [0.2, 0.25) is 10.0 Å². The van der Waals surface area contributed by atoms with Gasteiger partial charge in [0.05, 0.1) is 32.3 Å². The first-order valence-electron chi connectivity index (χ1n) is 9.08. The highest BCUT2D eigenvalue weighted by molar-refractivity contribution is 7.89. The van der Waals surface area contributed by atoms with Crippen LogP contribution in [0.5, 0.6) is 11.5 Å². The molecule has 0 bridgehead atoms. The van der Waals surface area contributed by atoms with Crippen molar-refractivity contribution in [2.45, 2.75) is 11.8 Å². The normalized spacial score (nSPS) is 15.0. The fourth-order valence-corrected chi connectivity index (χ4v) is 4.68. The quantitative estimate of drug-likeness (QED) is 0.771. The first kappa shape index (κ1) is 21.1. The number of morpholine rings is 1. The van der Waals surface area contributed by atoms with Gasteiger partial charge in [-0.1, -0.05) is 6.07 Å². The Labute approximate surface area is 170 Å². The molecule has 1 aliphatic heterocycles. The number of benzene rings is 2. The molecule has 8 nitrogen and oxygen atoms in total. The van der Waals surface area contributed by atoms with E-state index in [1.54, 1.807) is 37.3 Å². The standard InChI is InChI=1S/C20H24N2O6S/c1-14-4-5-16(12-19(14)29(24,25)22-6-8-28-9-7-22)21-20(23)15-10-17(26-2)13-18(11-15)27-3/h4-5,10-13H,6-9H2,1-3H3,(H,21,23). The van der Waals surface area contributed by atoms with Crippen LogP contribution in [0.1, 0.15) is 15.9 Å². The van der Waals surface area contributed by atoms with Gasteiger partial charge in [-0.05, 0) is 36.8 Å². The lowest BCUT2D eigenvalue weighted by molar-refractivity contribution is 0.0730. The number of aryl methyl sites for hydroxylation is 1. The van der Waals surface area contributed by atoms with Crippen LogP contribution in [-0.4, -0.2) is 59.2 Å². The van der Waals surface area contributed by atoms with Crippen molar-refractivity contribution in [1.82, 2.24) is 4.31 Å². The summed E-state index contributed by atoms with van der Waals surface area (Å²) in [6.45, 7) is 3.08. The molecule has 0 aromatic heterocycles. The highest BCUT2D eigenvalue weighted by Crippen LogP contribution is 2.26. The van der Waals surface area contributed by atoms with Crippen molar-refractivity contribution in [3.8, 4) is 11.5 Å². The SMILES string of the molecule is COc1cc(OC)cc(C(=O)Nc2ccc(C)c(S(=O)(=O)N3CCOCC3)c2)c1. The Kier molecular flexibility index (Phi) is 6.41. The van der Waals surface area contributed by atoms with Gasteiger partial charge in [-0.2, -0.15) is 4.31 Å². The van der Waals surface area contributed by atoms with E-state index in [2.05, 4.69) is 5.32 Å². The molecule has 1 amide bonds. The maximum Gasteiger partial charge on any atom is 0.255 e. The van der Waals surface area contributed by atoms with Crippen LogP contribution in [0.4, 0.5) is 5.69 Å². The molecule has 2 aromatic rings. The Morgan fingerprint density at radius 2 is 1.66 bits per heavy atom. The second-order valence-corrected chi connectivity index (χ2v) is 8.46. The molecule has 0 unspecified atom stereocenters. The van der Waals surface area contributed by atoms with E-state index in [1.165, 1.54) is 24.6 Å². The molecule has 1 saturated heterocycles. The molecule has 3 rings (SSSR count). The van der Waals surface area contributed by atoms with Gasteiger partial charge >= 0.3 is 0 Å². The van der Waals surface area contributed by atoms with Crippen LogP contribution in [0.2, 0.25) is 0 Å². The van der Waals surface area contributed by atoms with Gasteiger partial charge in [0, 0.05) is 30.4 Å². The van der Waals surface area contributed by atoms with Gasteiger partial charge in [-0.3, -0.25) is 4.79 Å². The number of anilines is 1. The Hall–Kier alpha value is -2.62. The molecule has 156 valence electrons. The summed E-state index contributed by atoms with van der Waals surface area (Å²) in [7, 11) is -0.677. The number of sulfonamides is 1. The van der Waals surface area contributed by atoms with Gasteiger partial charge in [-0.15, -0.1) is 0 Å². The lowest BCUT2D eigenvalue weighted by atomic mass is 10.1. The maximum atomic E-state index is 13.0. The summed E-state index contributed by atoms with van der Waals surface area (Å²) >= 11 is 0. The molecule has 29 heavy (non-hydrogen) atoms. The highest BCUT2D eigenvalue weighted by Gasteiger charge is 2.28. The van der Waals surface area contributed by atoms with Crippen LogP contribution >= 0.6 is 0 Å². The molecule has 1 fully saturated rings. The number of hydrogen-bond donors (Lipinski definition) is 1. The molecule has 0 spiro atoms. The van der Waals surface area contributed by atoms with E-state index < -0.39 is 15.9 Å². The lowest BCUT2D eigenvalue weighted by Crippen LogP contribution is -2.40. The van der Waals surface area contributed by atoms with E-state index in [9.17, 15) is 13.2 Å². The topological polar surface area (TPSA) is 94.2 Å². The summed E-state index contributed by atoms with van der Waals surface area (Å²) in [6, 6.07) is 9.65. The predicted molar refractivity (Wildman–Crippen MR) is 108 cm³/mol. The fourth-order valence-electron chi connectivity index (χ4n) is 3.02. The van der Waals surface area contributed by atoms with Crippen molar-refractivity contribution >= 4 is 21.6 Å². The number of amides is 1. The van der Waals surface area contributed by atoms with E-state index in [0.717, 1.165) is 0 Å². The second kappa shape index (κ2) is 8.81. The molecule has 1 N–H and O–H groups in total. The van der Waals surface area contributed by atoms with Gasteiger partial charge in [0.25, 0.3) is 5.91 Å². The molecule has 9 heteroatoms. The summed E-state index contributed by atoms with van der Waals surface area (Å²) in [5.74, 6) is 0.559. The summed E-state index contributed by atoms with van der Waals surface area (Å²) in [4.78, 5) is 12.9. The van der Waals surface area contributed by atoms with Crippen LogP contribution in [0.15, 0.2) is 41.3 Å². The Morgan fingerprint density at radius 3 is 2.24 bits per heavy atom. The molecular weight excluding hydrogens is 396 g/mol. The Balaban J connectivity index is 1.87. The van der Waals surface area contributed by atoms with E-state index in [0.29, 0.717) is 54.6 Å². The average molecular weight is 420 g/mol. The molecule has 0 atom stereocenters. The van der Waals surface area contributed by atoms with Crippen LogP contribution in [-0.2, 0) is 14.8 Å². The molecule has 1 aliphatic rings. The predicted octanol–water partition coefficient (Wildman–Crippen LogP) is 2.29. The fraction of sp³-hybridized carbons (Fsp3) is 0.350. The zero-order valence-electron chi connectivity index (χ0n) is 16.6. The van der Waals surface area contributed by atoms with Crippen LogP contribution in [0.25, 0.3) is 0 Å². The smallest absolute Gasteiger partial charge is 0.255 e. The molecule has 0 radical (unpaired) electrons. The minimum atomic E-state index is -3.67. The Morgan fingerprint density at radius 1 is 1.03 bits per heavy atom. The third kappa shape index (κ3) is 4.69. The van der Waals surface area contributed by atoms with Gasteiger partial charge < -0.3 is 19.5 Å². The summed E-state index contributed by atoms with van der Waals surface area (Å²) in [5, 5.41) is 2.75. The van der Waals surface area contributed by atoms with Crippen LogP contribution in [0.3, 0.4) is 0 Å². The number of methoxy groups -OCH3 is 2. The molecule has 1 heterocycles. The molecular formula is C20H24N2O6S. The van der Waals surface area contributed by atoms with Crippen molar-refractivity contribution in [2.24, 2.45) is 0 Å². The molecule has 0 aliphatic carbocycles. The van der Waals surface area contributed by atoms with E-state index in [-0.39, 0.29) is 4.90 Å². The number of ether oxygens (including phenoxy) is 3. The van der Waals surface area contributed by atoms with Gasteiger partial charge in [-0.25, -0.2) is 8.42 Å². The first-order valence-corrected chi connectivity index (χ1v) is 10.5. The van der Waals surface area contributed by atoms with Crippen molar-refractivity contribution in [1.29, 1.82) is 0 Å². The Bertz CT molecular complexity index is 978. The van der Waals surface area contributed by atoms with Crippen LogP contribution < -0.4 is 14.8 Å². The minimum Gasteiger partial charge on any atom is -0.497 e. The van der Waals surface area contributed by atoms with Gasteiger partial charge in [0.1, 0.15) is 11.5 Å². The van der Waals surface area contributed by atoms with Crippen molar-refractivity contribution in [3.63, 3.8) is 0 Å². The monoisotopic (exact) mass is 420 g/mol. The lowest BCUT2D eigenvalue weighted by Gasteiger charge is -2.26. The average Bonchev–Trinajstić information content (AvgIpc) is 2.75. The summed E-state index contributed by atoms with van der Waals surface area (Å²) in [6.07, 6.45) is 0. The number of rotatable bonds is 6. The minimum absolute atomic E-state index is 0.167. The zero-order chi connectivity index (χ0) is 21.0. The number of carbonyl (C=O) groups is 1. The second-order valence-electron chi connectivity index (χ2n) is 6.55. The van der Waals surface area contributed by atoms with E-state index >= 15 is 0 Å². The van der Waals surface area contributed by atoms with E-state index in [1.807, 2.05) is 0 Å². The van der Waals surface area contributed by atoms with E-state index in [4.69, 9.17) is 14.2 Å². The third-order valence-electron chi connectivity index (χ3n) is 4.65. The van der Waals surface area contributed by atoms with Crippen LogP contribution in [0, 0.1) is 6.92 Å². The third-order valence-corrected chi connectivity index (χ3v) is 6.69. The maximum absolute atomic E-state index is 13.0. The number of hydrogen-bond acceptors (Lipinski definition) is 6. The summed E-state index contributed by atoms with van der Waals surface area (Å²) in [5.41, 5.74) is 1.33. The van der Waals surface area contributed by atoms with Crippen molar-refractivity contribution < 1.29 is 27.4 Å².